The van der Waals surface area contributed by atoms with Crippen molar-refractivity contribution >= 4 is 28.6 Å². The molecule has 3 aromatic heterocycles. The van der Waals surface area contributed by atoms with E-state index in [4.69, 9.17) is 5.73 Å². The van der Waals surface area contributed by atoms with E-state index in [1.165, 1.54) is 9.75 Å². The molecule has 19 heavy (non-hydrogen) atoms. The van der Waals surface area contributed by atoms with Gasteiger partial charge in [-0.1, -0.05) is 0 Å². The van der Waals surface area contributed by atoms with Crippen molar-refractivity contribution in [2.75, 3.05) is 11.1 Å². The quantitative estimate of drug-likeness (QED) is 0.770. The summed E-state index contributed by atoms with van der Waals surface area (Å²) in [5, 5.41) is 3.38. The van der Waals surface area contributed by atoms with Crippen LogP contribution in [0.2, 0.25) is 0 Å². The van der Waals surface area contributed by atoms with E-state index in [2.05, 4.69) is 41.3 Å². The van der Waals surface area contributed by atoms with Gasteiger partial charge in [0, 0.05) is 22.1 Å². The lowest BCUT2D eigenvalue weighted by molar-refractivity contribution is 0.894. The number of nitrogens with two attached hydrogens (primary N) is 1. The fourth-order valence-corrected chi connectivity index (χ4v) is 2.89. The van der Waals surface area contributed by atoms with E-state index in [1.807, 2.05) is 10.6 Å². The zero-order chi connectivity index (χ0) is 13.4. The van der Waals surface area contributed by atoms with E-state index in [1.54, 1.807) is 23.7 Å². The number of thiophene rings is 1. The predicted molar refractivity (Wildman–Crippen MR) is 78.5 cm³/mol. The lowest BCUT2D eigenvalue weighted by Gasteiger charge is -2.14. The van der Waals surface area contributed by atoms with Gasteiger partial charge in [0.25, 0.3) is 0 Å². The Labute approximate surface area is 115 Å². The van der Waals surface area contributed by atoms with E-state index in [0.29, 0.717) is 11.6 Å². The molecular weight excluding hydrogens is 258 g/mol. The number of rotatable bonds is 3. The molecule has 98 valence electrons. The number of nitrogens with zero attached hydrogens (tertiary/aromatic N) is 3. The van der Waals surface area contributed by atoms with Crippen LogP contribution in [0, 0.1) is 6.92 Å². The number of aromatic nitrogens is 3. The fraction of sp³-hybridized carbons (Fsp3) is 0.231. The van der Waals surface area contributed by atoms with Gasteiger partial charge >= 0.3 is 0 Å². The molecule has 0 aliphatic heterocycles. The van der Waals surface area contributed by atoms with Gasteiger partial charge in [-0.15, -0.1) is 11.3 Å². The first-order chi connectivity index (χ1) is 9.13. The molecule has 6 heteroatoms. The molecular formula is C13H15N5S. The summed E-state index contributed by atoms with van der Waals surface area (Å²) in [6.45, 7) is 4.21. The third kappa shape index (κ3) is 2.26. The number of aryl methyl sites for hydroxylation is 1. The van der Waals surface area contributed by atoms with Crippen molar-refractivity contribution in [1.82, 2.24) is 14.4 Å². The first kappa shape index (κ1) is 12.0. The molecule has 3 heterocycles. The normalized spacial score (nSPS) is 12.7. The fourth-order valence-electron chi connectivity index (χ4n) is 2.01. The Kier molecular flexibility index (Phi) is 2.87. The Balaban J connectivity index is 1.94. The van der Waals surface area contributed by atoms with Crippen LogP contribution in [0.15, 0.2) is 30.7 Å². The minimum absolute atomic E-state index is 0.175. The van der Waals surface area contributed by atoms with Crippen molar-refractivity contribution in [2.45, 2.75) is 19.9 Å². The average molecular weight is 273 g/mol. The summed E-state index contributed by atoms with van der Waals surface area (Å²) in [5.74, 6) is 1.19. The second-order valence-electron chi connectivity index (χ2n) is 4.49. The summed E-state index contributed by atoms with van der Waals surface area (Å²) in [6.07, 6.45) is 5.35. The minimum atomic E-state index is 0.175. The van der Waals surface area contributed by atoms with Crippen molar-refractivity contribution in [3.63, 3.8) is 0 Å². The zero-order valence-electron chi connectivity index (χ0n) is 10.8. The maximum Gasteiger partial charge on any atom is 0.180 e. The summed E-state index contributed by atoms with van der Waals surface area (Å²) in [5.41, 5.74) is 6.59. The van der Waals surface area contributed by atoms with E-state index in [0.717, 1.165) is 5.65 Å². The molecule has 0 bridgehead atoms. The van der Waals surface area contributed by atoms with Crippen LogP contribution in [-0.4, -0.2) is 14.4 Å². The van der Waals surface area contributed by atoms with Crippen LogP contribution >= 0.6 is 11.3 Å². The van der Waals surface area contributed by atoms with Gasteiger partial charge < -0.3 is 15.5 Å². The molecule has 3 rings (SSSR count). The molecule has 0 aliphatic carbocycles. The average Bonchev–Trinajstić information content (AvgIpc) is 2.97. The number of nitrogens with one attached hydrogen (secondary N) is 1. The zero-order valence-corrected chi connectivity index (χ0v) is 11.6. The molecule has 1 unspecified atom stereocenters. The summed E-state index contributed by atoms with van der Waals surface area (Å²) in [7, 11) is 0. The Morgan fingerprint density at radius 1 is 1.42 bits per heavy atom. The van der Waals surface area contributed by atoms with Crippen LogP contribution < -0.4 is 11.1 Å². The highest BCUT2D eigenvalue weighted by Crippen LogP contribution is 2.26. The molecule has 0 aliphatic rings. The number of hydrogen-bond acceptors (Lipinski definition) is 5. The van der Waals surface area contributed by atoms with Crippen LogP contribution in [0.4, 0.5) is 11.6 Å². The van der Waals surface area contributed by atoms with Crippen LogP contribution in [0.3, 0.4) is 0 Å². The summed E-state index contributed by atoms with van der Waals surface area (Å²) < 4.78 is 1.87. The molecule has 1 atom stereocenters. The SMILES string of the molecule is Cc1ccc(C(C)Nc2nc(N)cn3ccnc23)s1. The third-order valence-electron chi connectivity index (χ3n) is 2.93. The standard InChI is InChI=1S/C13H15N5S/c1-8-3-4-10(19-8)9(2)16-12-13-15-5-6-18(13)7-11(14)17-12/h3-7,9H,14H2,1-2H3,(H,16,17). The lowest BCUT2D eigenvalue weighted by atomic mass is 10.2. The molecule has 0 spiro atoms. The van der Waals surface area contributed by atoms with Crippen LogP contribution in [-0.2, 0) is 0 Å². The molecule has 0 saturated heterocycles. The van der Waals surface area contributed by atoms with Gasteiger partial charge in [0.05, 0.1) is 12.2 Å². The van der Waals surface area contributed by atoms with Gasteiger partial charge in [0.15, 0.2) is 11.5 Å². The number of imidazole rings is 1. The van der Waals surface area contributed by atoms with Crippen LogP contribution in [0.25, 0.3) is 5.65 Å². The summed E-state index contributed by atoms with van der Waals surface area (Å²) in [4.78, 5) is 11.2. The largest absolute Gasteiger partial charge is 0.382 e. The third-order valence-corrected chi connectivity index (χ3v) is 4.12. The maximum atomic E-state index is 5.81. The number of anilines is 2. The Morgan fingerprint density at radius 2 is 2.26 bits per heavy atom. The molecule has 0 radical (unpaired) electrons. The lowest BCUT2D eigenvalue weighted by Crippen LogP contribution is -2.09. The highest BCUT2D eigenvalue weighted by Gasteiger charge is 2.12. The Hall–Kier alpha value is -2.08. The molecule has 0 fully saturated rings. The molecule has 0 aromatic carbocycles. The van der Waals surface area contributed by atoms with Crippen LogP contribution in [0.1, 0.15) is 22.7 Å². The van der Waals surface area contributed by atoms with Crippen molar-refractivity contribution in [2.24, 2.45) is 0 Å². The highest BCUT2D eigenvalue weighted by molar-refractivity contribution is 7.12. The van der Waals surface area contributed by atoms with E-state index in [-0.39, 0.29) is 6.04 Å². The molecule has 3 N–H and O–H groups in total. The molecule has 3 aromatic rings. The van der Waals surface area contributed by atoms with Crippen molar-refractivity contribution < 1.29 is 0 Å². The first-order valence-corrected chi connectivity index (χ1v) is 6.87. The van der Waals surface area contributed by atoms with Crippen molar-refractivity contribution in [1.29, 1.82) is 0 Å². The van der Waals surface area contributed by atoms with Gasteiger partial charge in [0.1, 0.15) is 5.82 Å². The topological polar surface area (TPSA) is 68.2 Å². The van der Waals surface area contributed by atoms with Crippen molar-refractivity contribution in [3.05, 3.63) is 40.5 Å². The van der Waals surface area contributed by atoms with Gasteiger partial charge in [0.2, 0.25) is 0 Å². The van der Waals surface area contributed by atoms with E-state index in [9.17, 15) is 0 Å². The van der Waals surface area contributed by atoms with Gasteiger partial charge in [-0.25, -0.2) is 9.97 Å². The highest BCUT2D eigenvalue weighted by atomic mass is 32.1. The smallest absolute Gasteiger partial charge is 0.180 e. The maximum absolute atomic E-state index is 5.81. The number of hydrogen-bond donors (Lipinski definition) is 2. The second kappa shape index (κ2) is 4.55. The summed E-state index contributed by atoms with van der Waals surface area (Å²) in [6, 6.07) is 4.43. The Morgan fingerprint density at radius 3 is 3.00 bits per heavy atom. The molecule has 5 nitrogen and oxygen atoms in total. The minimum Gasteiger partial charge on any atom is -0.382 e. The predicted octanol–water partition coefficient (Wildman–Crippen LogP) is 2.85. The summed E-state index contributed by atoms with van der Waals surface area (Å²) >= 11 is 1.78. The van der Waals surface area contributed by atoms with Gasteiger partial charge in [-0.05, 0) is 26.0 Å². The number of nitrogen functional groups attached to an aromatic ring is 1. The van der Waals surface area contributed by atoms with Gasteiger partial charge in [-0.2, -0.15) is 0 Å². The molecule has 0 amide bonds. The second-order valence-corrected chi connectivity index (χ2v) is 5.81. The first-order valence-electron chi connectivity index (χ1n) is 6.05. The van der Waals surface area contributed by atoms with Crippen LogP contribution in [0.5, 0.6) is 0 Å². The van der Waals surface area contributed by atoms with Crippen molar-refractivity contribution in [3.8, 4) is 0 Å². The van der Waals surface area contributed by atoms with E-state index < -0.39 is 0 Å². The Bertz CT molecular complexity index is 715. The monoisotopic (exact) mass is 273 g/mol. The van der Waals surface area contributed by atoms with E-state index >= 15 is 0 Å². The molecule has 0 saturated carbocycles. The van der Waals surface area contributed by atoms with Gasteiger partial charge in [-0.3, -0.25) is 0 Å². The number of fused-ring (bicyclic) bond motifs is 1.